The van der Waals surface area contributed by atoms with Crippen LogP contribution in [0, 0.1) is 13.8 Å². The fourth-order valence-corrected chi connectivity index (χ4v) is 4.72. The number of amides is 1. The Morgan fingerprint density at radius 3 is 2.71 bits per heavy atom. The number of thiophene rings is 1. The average Bonchev–Trinajstić information content (AvgIpc) is 3.23. The number of oxazole rings is 1. The van der Waals surface area contributed by atoms with E-state index >= 15 is 0 Å². The van der Waals surface area contributed by atoms with Crippen molar-refractivity contribution in [3.8, 4) is 0 Å². The molecule has 6 heteroatoms. The highest BCUT2D eigenvalue weighted by atomic mass is 32.1. The van der Waals surface area contributed by atoms with Gasteiger partial charge in [-0.15, -0.1) is 11.3 Å². The standard InChI is InChI=1S/C18H23N3O2S/c1-12-13(2)23-17(19-12)11-20-6-8-21(9-7-20)18(22)16-10-14-4-3-5-15(14)24-16/h10H,3-9,11H2,1-2H3. The molecule has 1 aliphatic heterocycles. The number of carbonyl (C=O) groups excluding carboxylic acids is 1. The van der Waals surface area contributed by atoms with Crippen molar-refractivity contribution in [3.05, 3.63) is 38.7 Å². The second-order valence-electron chi connectivity index (χ2n) is 6.73. The highest BCUT2D eigenvalue weighted by molar-refractivity contribution is 7.14. The number of fused-ring (bicyclic) bond motifs is 1. The summed E-state index contributed by atoms with van der Waals surface area (Å²) in [5.41, 5.74) is 2.36. The van der Waals surface area contributed by atoms with Crippen LogP contribution in [-0.2, 0) is 19.4 Å². The quantitative estimate of drug-likeness (QED) is 0.858. The maximum absolute atomic E-state index is 12.7. The number of carbonyl (C=O) groups is 1. The zero-order valence-corrected chi connectivity index (χ0v) is 15.1. The highest BCUT2D eigenvalue weighted by Gasteiger charge is 2.26. The Hall–Kier alpha value is -1.66. The first-order chi connectivity index (χ1) is 11.6. The Morgan fingerprint density at radius 1 is 1.25 bits per heavy atom. The molecule has 0 N–H and O–H groups in total. The molecule has 24 heavy (non-hydrogen) atoms. The van der Waals surface area contributed by atoms with Gasteiger partial charge in [0.25, 0.3) is 5.91 Å². The largest absolute Gasteiger partial charge is 0.444 e. The Bertz CT molecular complexity index is 715. The normalized spacial score (nSPS) is 18.2. The number of hydrogen-bond acceptors (Lipinski definition) is 5. The van der Waals surface area contributed by atoms with E-state index < -0.39 is 0 Å². The molecule has 1 amide bonds. The number of rotatable bonds is 3. The molecule has 0 spiro atoms. The molecule has 0 radical (unpaired) electrons. The first kappa shape index (κ1) is 15.8. The molecule has 1 fully saturated rings. The van der Waals surface area contributed by atoms with Gasteiger partial charge in [-0.2, -0.15) is 0 Å². The molecular weight excluding hydrogens is 322 g/mol. The van der Waals surface area contributed by atoms with Crippen LogP contribution in [-0.4, -0.2) is 46.9 Å². The van der Waals surface area contributed by atoms with E-state index in [0.29, 0.717) is 0 Å². The zero-order valence-electron chi connectivity index (χ0n) is 14.3. The van der Waals surface area contributed by atoms with Crippen LogP contribution in [0.1, 0.15) is 43.9 Å². The first-order valence-electron chi connectivity index (χ1n) is 8.66. The summed E-state index contributed by atoms with van der Waals surface area (Å²) in [5, 5.41) is 0. The summed E-state index contributed by atoms with van der Waals surface area (Å²) in [4.78, 5) is 23.8. The van der Waals surface area contributed by atoms with E-state index in [1.165, 1.54) is 16.9 Å². The Balaban J connectivity index is 1.34. The molecule has 2 aromatic rings. The predicted octanol–water partition coefficient (Wildman–Crippen LogP) is 2.80. The van der Waals surface area contributed by atoms with Gasteiger partial charge in [0.1, 0.15) is 5.76 Å². The molecule has 0 aromatic carbocycles. The topological polar surface area (TPSA) is 49.6 Å². The lowest BCUT2D eigenvalue weighted by Gasteiger charge is -2.33. The van der Waals surface area contributed by atoms with E-state index in [1.54, 1.807) is 11.3 Å². The SMILES string of the molecule is Cc1nc(CN2CCN(C(=O)c3cc4c(s3)CCC4)CC2)oc1C. The molecular formula is C18H23N3O2S. The number of nitrogens with zero attached hydrogens (tertiary/aromatic N) is 3. The van der Waals surface area contributed by atoms with Gasteiger partial charge in [-0.3, -0.25) is 9.69 Å². The van der Waals surface area contributed by atoms with Crippen molar-refractivity contribution >= 4 is 17.2 Å². The highest BCUT2D eigenvalue weighted by Crippen LogP contribution is 2.31. The zero-order chi connectivity index (χ0) is 16.7. The van der Waals surface area contributed by atoms with Crippen LogP contribution in [0.15, 0.2) is 10.5 Å². The fraction of sp³-hybridized carbons (Fsp3) is 0.556. The van der Waals surface area contributed by atoms with Crippen molar-refractivity contribution in [2.24, 2.45) is 0 Å². The van der Waals surface area contributed by atoms with E-state index in [2.05, 4.69) is 16.0 Å². The fourth-order valence-electron chi connectivity index (χ4n) is 3.50. The number of piperazine rings is 1. The Labute approximate surface area is 146 Å². The third-order valence-electron chi connectivity index (χ3n) is 5.05. The molecule has 4 rings (SSSR count). The van der Waals surface area contributed by atoms with Gasteiger partial charge in [-0.1, -0.05) is 0 Å². The summed E-state index contributed by atoms with van der Waals surface area (Å²) < 4.78 is 5.66. The number of aromatic nitrogens is 1. The molecule has 2 aliphatic rings. The molecule has 1 aliphatic carbocycles. The monoisotopic (exact) mass is 345 g/mol. The molecule has 1 saturated heterocycles. The Kier molecular flexibility index (Phi) is 4.18. The first-order valence-corrected chi connectivity index (χ1v) is 9.48. The van der Waals surface area contributed by atoms with Crippen LogP contribution in [0.5, 0.6) is 0 Å². The summed E-state index contributed by atoms with van der Waals surface area (Å²) in [6.45, 7) is 7.94. The maximum Gasteiger partial charge on any atom is 0.264 e. The van der Waals surface area contributed by atoms with Crippen LogP contribution in [0.4, 0.5) is 0 Å². The summed E-state index contributed by atoms with van der Waals surface area (Å²) in [7, 11) is 0. The van der Waals surface area contributed by atoms with Gasteiger partial charge in [-0.25, -0.2) is 4.98 Å². The van der Waals surface area contributed by atoms with E-state index in [4.69, 9.17) is 4.42 Å². The van der Waals surface area contributed by atoms with Gasteiger partial charge < -0.3 is 9.32 Å². The lowest BCUT2D eigenvalue weighted by molar-refractivity contribution is 0.0622. The van der Waals surface area contributed by atoms with Gasteiger partial charge in [0.05, 0.1) is 17.1 Å². The van der Waals surface area contributed by atoms with Crippen molar-refractivity contribution < 1.29 is 9.21 Å². The number of hydrogen-bond donors (Lipinski definition) is 0. The van der Waals surface area contributed by atoms with E-state index in [1.807, 2.05) is 18.7 Å². The molecule has 0 atom stereocenters. The van der Waals surface area contributed by atoms with E-state index in [9.17, 15) is 4.79 Å². The molecule has 128 valence electrons. The van der Waals surface area contributed by atoms with Crippen molar-refractivity contribution in [1.29, 1.82) is 0 Å². The molecule has 5 nitrogen and oxygen atoms in total. The van der Waals surface area contributed by atoms with Crippen LogP contribution in [0.2, 0.25) is 0 Å². The van der Waals surface area contributed by atoms with Crippen molar-refractivity contribution in [1.82, 2.24) is 14.8 Å². The molecule has 0 bridgehead atoms. The summed E-state index contributed by atoms with van der Waals surface area (Å²) >= 11 is 1.70. The minimum absolute atomic E-state index is 0.205. The minimum atomic E-state index is 0.205. The van der Waals surface area contributed by atoms with Crippen LogP contribution in [0.3, 0.4) is 0 Å². The molecule has 0 unspecified atom stereocenters. The van der Waals surface area contributed by atoms with E-state index in [0.717, 1.165) is 67.8 Å². The van der Waals surface area contributed by atoms with Crippen LogP contribution in [0.25, 0.3) is 0 Å². The third-order valence-corrected chi connectivity index (χ3v) is 6.27. The van der Waals surface area contributed by atoms with Crippen molar-refractivity contribution in [2.45, 2.75) is 39.7 Å². The lowest BCUT2D eigenvalue weighted by Crippen LogP contribution is -2.48. The summed E-state index contributed by atoms with van der Waals surface area (Å²) in [5.74, 6) is 1.88. The smallest absolute Gasteiger partial charge is 0.264 e. The molecule has 3 heterocycles. The second-order valence-corrected chi connectivity index (χ2v) is 7.87. The van der Waals surface area contributed by atoms with Crippen molar-refractivity contribution in [2.75, 3.05) is 26.2 Å². The summed E-state index contributed by atoms with van der Waals surface area (Å²) in [6.07, 6.45) is 3.53. The number of aryl methyl sites for hydroxylation is 4. The van der Waals surface area contributed by atoms with Gasteiger partial charge in [-0.05, 0) is 44.7 Å². The maximum atomic E-state index is 12.7. The van der Waals surface area contributed by atoms with Gasteiger partial charge in [0.15, 0.2) is 0 Å². The van der Waals surface area contributed by atoms with Gasteiger partial charge in [0, 0.05) is 31.1 Å². The van der Waals surface area contributed by atoms with Crippen molar-refractivity contribution in [3.63, 3.8) is 0 Å². The average molecular weight is 345 g/mol. The lowest BCUT2D eigenvalue weighted by atomic mass is 10.2. The van der Waals surface area contributed by atoms with Gasteiger partial charge in [0.2, 0.25) is 5.89 Å². The third kappa shape index (κ3) is 3.00. The predicted molar refractivity (Wildman–Crippen MR) is 93.5 cm³/mol. The molecule has 2 aromatic heterocycles. The Morgan fingerprint density at radius 2 is 2.04 bits per heavy atom. The second kappa shape index (κ2) is 6.33. The minimum Gasteiger partial charge on any atom is -0.444 e. The van der Waals surface area contributed by atoms with Crippen LogP contribution < -0.4 is 0 Å². The van der Waals surface area contributed by atoms with Crippen LogP contribution >= 0.6 is 11.3 Å². The summed E-state index contributed by atoms with van der Waals surface area (Å²) in [6, 6.07) is 2.13. The molecule has 0 saturated carbocycles. The van der Waals surface area contributed by atoms with Gasteiger partial charge >= 0.3 is 0 Å². The van der Waals surface area contributed by atoms with E-state index in [-0.39, 0.29) is 5.91 Å².